The number of alkyl halides is 6. The van der Waals surface area contributed by atoms with Crippen LogP contribution in [0.1, 0.15) is 23.7 Å². The number of nitrogens with zero attached hydrogens (tertiary/aromatic N) is 5. The first-order valence-corrected chi connectivity index (χ1v) is 9.69. The fraction of sp³-hybridized carbons (Fsp3) is 0.421. The summed E-state index contributed by atoms with van der Waals surface area (Å²) in [5.74, 6) is 0.509. The van der Waals surface area contributed by atoms with Crippen LogP contribution in [0.25, 0.3) is 11.5 Å². The highest BCUT2D eigenvalue weighted by molar-refractivity contribution is 5.54. The standard InChI is InChI=1S/C19H19F6N7/c1-11-9-31(4-5-32(11)15-3-2-13(7-26-15)18(20,21)22)10-12-6-28-30-16(12)17-27-8-14(29-17)19(23,24)25/h2-3,6-8,11H,4-5,9-10H2,1H3,(H,27,29)(H,28,30)/t11-/m1/s1. The molecule has 0 unspecified atom stereocenters. The number of nitrogens with one attached hydrogen (secondary N) is 2. The summed E-state index contributed by atoms with van der Waals surface area (Å²) in [5.41, 5.74) is -0.688. The number of halogens is 6. The van der Waals surface area contributed by atoms with Crippen molar-refractivity contribution in [3.05, 3.63) is 47.5 Å². The molecule has 1 aliphatic rings. The Morgan fingerprint density at radius 1 is 1.00 bits per heavy atom. The van der Waals surface area contributed by atoms with Crippen molar-refractivity contribution in [3.8, 4) is 11.5 Å². The van der Waals surface area contributed by atoms with E-state index in [0.29, 0.717) is 43.3 Å². The van der Waals surface area contributed by atoms with Crippen molar-refractivity contribution in [1.29, 1.82) is 0 Å². The van der Waals surface area contributed by atoms with Crippen LogP contribution >= 0.6 is 0 Å². The van der Waals surface area contributed by atoms with Crippen LogP contribution in [0.5, 0.6) is 0 Å². The maximum absolute atomic E-state index is 12.8. The normalized spacial score (nSPS) is 18.3. The fourth-order valence-electron chi connectivity index (χ4n) is 3.71. The van der Waals surface area contributed by atoms with E-state index < -0.39 is 23.6 Å². The van der Waals surface area contributed by atoms with Gasteiger partial charge in [0, 0.05) is 44.0 Å². The molecule has 0 aromatic carbocycles. The van der Waals surface area contributed by atoms with Gasteiger partial charge in [0.25, 0.3) is 0 Å². The van der Waals surface area contributed by atoms with E-state index in [-0.39, 0.29) is 11.9 Å². The predicted octanol–water partition coefficient (Wildman–Crippen LogP) is 3.94. The summed E-state index contributed by atoms with van der Waals surface area (Å²) in [6.07, 6.45) is -5.86. The van der Waals surface area contributed by atoms with Crippen LogP contribution in [-0.4, -0.2) is 55.7 Å². The molecule has 0 saturated carbocycles. The molecule has 13 heteroatoms. The molecule has 172 valence electrons. The van der Waals surface area contributed by atoms with Crippen molar-refractivity contribution in [3.63, 3.8) is 0 Å². The number of aromatic nitrogens is 5. The molecule has 0 radical (unpaired) electrons. The number of H-pyrrole nitrogens is 2. The Morgan fingerprint density at radius 2 is 1.78 bits per heavy atom. The van der Waals surface area contributed by atoms with E-state index in [1.807, 2.05) is 11.8 Å². The zero-order valence-corrected chi connectivity index (χ0v) is 16.8. The molecule has 1 atom stereocenters. The second-order valence-corrected chi connectivity index (χ2v) is 7.59. The van der Waals surface area contributed by atoms with Gasteiger partial charge in [-0.05, 0) is 19.1 Å². The Labute approximate surface area is 178 Å². The average Bonchev–Trinajstić information content (AvgIpc) is 3.36. The third-order valence-corrected chi connectivity index (χ3v) is 5.31. The van der Waals surface area contributed by atoms with Crippen LogP contribution in [0.3, 0.4) is 0 Å². The van der Waals surface area contributed by atoms with E-state index in [1.165, 1.54) is 6.07 Å². The molecule has 1 aliphatic heterocycles. The minimum absolute atomic E-state index is 0.0382. The van der Waals surface area contributed by atoms with Gasteiger partial charge in [-0.1, -0.05) is 0 Å². The molecule has 4 rings (SSSR count). The maximum atomic E-state index is 12.8. The first-order valence-electron chi connectivity index (χ1n) is 9.69. The van der Waals surface area contributed by atoms with E-state index in [2.05, 4.69) is 30.0 Å². The Kier molecular flexibility index (Phi) is 5.61. The molecule has 7 nitrogen and oxygen atoms in total. The zero-order valence-electron chi connectivity index (χ0n) is 16.8. The van der Waals surface area contributed by atoms with Gasteiger partial charge in [0.2, 0.25) is 0 Å². The number of hydrogen-bond donors (Lipinski definition) is 2. The summed E-state index contributed by atoms with van der Waals surface area (Å²) < 4.78 is 76.8. The van der Waals surface area contributed by atoms with E-state index in [0.717, 1.165) is 18.5 Å². The fourth-order valence-corrected chi connectivity index (χ4v) is 3.71. The van der Waals surface area contributed by atoms with Crippen molar-refractivity contribution in [1.82, 2.24) is 30.0 Å². The van der Waals surface area contributed by atoms with Crippen LogP contribution in [0.15, 0.2) is 30.7 Å². The summed E-state index contributed by atoms with van der Waals surface area (Å²) in [6, 6.07) is 2.33. The lowest BCUT2D eigenvalue weighted by atomic mass is 10.1. The number of piperazine rings is 1. The Hall–Kier alpha value is -3.09. The van der Waals surface area contributed by atoms with Crippen LogP contribution < -0.4 is 4.90 Å². The van der Waals surface area contributed by atoms with Gasteiger partial charge < -0.3 is 9.88 Å². The van der Waals surface area contributed by atoms with Gasteiger partial charge in [-0.3, -0.25) is 10.00 Å². The average molecular weight is 459 g/mol. The van der Waals surface area contributed by atoms with Gasteiger partial charge in [-0.25, -0.2) is 9.97 Å². The van der Waals surface area contributed by atoms with E-state index >= 15 is 0 Å². The van der Waals surface area contributed by atoms with Crippen molar-refractivity contribution in [2.45, 2.75) is 31.9 Å². The van der Waals surface area contributed by atoms with Crippen LogP contribution in [-0.2, 0) is 18.9 Å². The van der Waals surface area contributed by atoms with E-state index in [1.54, 1.807) is 6.20 Å². The molecular formula is C19H19F6N7. The van der Waals surface area contributed by atoms with E-state index in [4.69, 9.17) is 0 Å². The highest BCUT2D eigenvalue weighted by Gasteiger charge is 2.34. The molecule has 3 aromatic rings. The van der Waals surface area contributed by atoms with E-state index in [9.17, 15) is 26.3 Å². The number of rotatable bonds is 4. The minimum Gasteiger partial charge on any atom is -0.351 e. The number of hydrogen-bond acceptors (Lipinski definition) is 5. The summed E-state index contributed by atoms with van der Waals surface area (Å²) in [7, 11) is 0. The summed E-state index contributed by atoms with van der Waals surface area (Å²) in [4.78, 5) is 14.1. The summed E-state index contributed by atoms with van der Waals surface area (Å²) in [6.45, 7) is 4.06. The zero-order chi connectivity index (χ0) is 23.1. The van der Waals surface area contributed by atoms with Crippen LogP contribution in [0.4, 0.5) is 32.2 Å². The Morgan fingerprint density at radius 3 is 2.38 bits per heavy atom. The van der Waals surface area contributed by atoms with Gasteiger partial charge in [0.15, 0.2) is 5.82 Å². The third kappa shape index (κ3) is 4.56. The molecule has 0 aliphatic carbocycles. The number of anilines is 1. The lowest BCUT2D eigenvalue weighted by molar-refractivity contribution is -0.141. The van der Waals surface area contributed by atoms with Gasteiger partial charge in [0.05, 0.1) is 18.0 Å². The monoisotopic (exact) mass is 459 g/mol. The molecule has 0 amide bonds. The second kappa shape index (κ2) is 8.11. The predicted molar refractivity (Wildman–Crippen MR) is 102 cm³/mol. The second-order valence-electron chi connectivity index (χ2n) is 7.59. The first kappa shape index (κ1) is 22.1. The Bertz CT molecular complexity index is 1050. The number of imidazole rings is 1. The van der Waals surface area contributed by atoms with Gasteiger partial charge >= 0.3 is 12.4 Å². The van der Waals surface area contributed by atoms with Gasteiger partial charge in [-0.15, -0.1) is 0 Å². The largest absolute Gasteiger partial charge is 0.432 e. The minimum atomic E-state index is -4.52. The number of aromatic amines is 2. The van der Waals surface area contributed by atoms with Gasteiger partial charge in [-0.2, -0.15) is 31.4 Å². The van der Waals surface area contributed by atoms with Crippen LogP contribution in [0.2, 0.25) is 0 Å². The molecule has 0 spiro atoms. The summed E-state index contributed by atoms with van der Waals surface area (Å²) >= 11 is 0. The quantitative estimate of drug-likeness (QED) is 0.578. The molecule has 4 heterocycles. The molecule has 32 heavy (non-hydrogen) atoms. The maximum Gasteiger partial charge on any atom is 0.432 e. The number of pyridine rings is 1. The molecular weight excluding hydrogens is 440 g/mol. The summed E-state index contributed by atoms with van der Waals surface area (Å²) in [5, 5.41) is 6.63. The van der Waals surface area contributed by atoms with Crippen molar-refractivity contribution in [2.75, 3.05) is 24.5 Å². The highest BCUT2D eigenvalue weighted by atomic mass is 19.4. The topological polar surface area (TPSA) is 76.7 Å². The molecule has 1 saturated heterocycles. The molecule has 3 aromatic heterocycles. The van der Waals surface area contributed by atoms with Gasteiger partial charge in [0.1, 0.15) is 17.2 Å². The molecule has 0 bridgehead atoms. The van der Waals surface area contributed by atoms with Crippen molar-refractivity contribution < 1.29 is 26.3 Å². The SMILES string of the molecule is C[C@@H]1CN(Cc2cn[nH]c2-c2ncc(C(F)(F)F)[nH]2)CCN1c1ccc(C(F)(F)F)cn1. The lowest BCUT2D eigenvalue weighted by Crippen LogP contribution is -2.51. The molecule has 2 N–H and O–H groups in total. The van der Waals surface area contributed by atoms with Crippen LogP contribution in [0, 0.1) is 0 Å². The molecule has 1 fully saturated rings. The highest BCUT2D eigenvalue weighted by Crippen LogP contribution is 2.31. The third-order valence-electron chi connectivity index (χ3n) is 5.31. The first-order chi connectivity index (χ1) is 15.0. The smallest absolute Gasteiger partial charge is 0.351 e. The van der Waals surface area contributed by atoms with Crippen molar-refractivity contribution in [2.24, 2.45) is 0 Å². The van der Waals surface area contributed by atoms with Crippen molar-refractivity contribution >= 4 is 5.82 Å². The Balaban J connectivity index is 1.42. The lowest BCUT2D eigenvalue weighted by Gasteiger charge is -2.40.